The average molecular weight is 357 g/mol. The van der Waals surface area contributed by atoms with Gasteiger partial charge in [0.05, 0.1) is 13.7 Å². The van der Waals surface area contributed by atoms with Gasteiger partial charge in [0.2, 0.25) is 11.8 Å². The van der Waals surface area contributed by atoms with Crippen LogP contribution in [0.5, 0.6) is 5.75 Å². The maximum absolute atomic E-state index is 5.80. The molecule has 3 aromatic rings. The van der Waals surface area contributed by atoms with Crippen molar-refractivity contribution in [3.8, 4) is 5.75 Å². The molecule has 0 atom stereocenters. The minimum atomic E-state index is 0.237. The number of methoxy groups -OCH3 is 1. The van der Waals surface area contributed by atoms with Gasteiger partial charge in [-0.3, -0.25) is 4.90 Å². The normalized spacial score (nSPS) is 11.4. The van der Waals surface area contributed by atoms with Crippen molar-refractivity contribution in [2.45, 2.75) is 39.4 Å². The molecule has 0 aliphatic rings. The third-order valence-corrected chi connectivity index (χ3v) is 4.74. The Morgan fingerprint density at radius 1 is 1.08 bits per heavy atom. The number of thiophene rings is 1. The molecular formula is C19H23N3O2S. The maximum atomic E-state index is 5.80. The van der Waals surface area contributed by atoms with Gasteiger partial charge in [-0.25, -0.2) is 0 Å². The van der Waals surface area contributed by atoms with Crippen molar-refractivity contribution in [3.63, 3.8) is 0 Å². The van der Waals surface area contributed by atoms with Crippen molar-refractivity contribution in [2.75, 3.05) is 7.11 Å². The molecule has 132 valence electrons. The van der Waals surface area contributed by atoms with E-state index in [1.54, 1.807) is 18.4 Å². The van der Waals surface area contributed by atoms with Crippen LogP contribution in [0.3, 0.4) is 0 Å². The van der Waals surface area contributed by atoms with Gasteiger partial charge in [-0.2, -0.15) is 0 Å². The highest BCUT2D eigenvalue weighted by atomic mass is 32.1. The lowest BCUT2D eigenvalue weighted by Crippen LogP contribution is -2.22. The smallest absolute Gasteiger partial charge is 0.230 e. The Kier molecular flexibility index (Phi) is 5.83. The van der Waals surface area contributed by atoms with Gasteiger partial charge >= 0.3 is 0 Å². The summed E-state index contributed by atoms with van der Waals surface area (Å²) < 4.78 is 11.3. The molecule has 2 aromatic heterocycles. The van der Waals surface area contributed by atoms with Crippen LogP contribution in [0.4, 0.5) is 0 Å². The molecule has 6 heteroatoms. The summed E-state index contributed by atoms with van der Waals surface area (Å²) in [5.41, 5.74) is 1.14. The Morgan fingerprint density at radius 2 is 1.92 bits per heavy atom. The van der Waals surface area contributed by atoms with E-state index in [1.807, 2.05) is 18.2 Å². The van der Waals surface area contributed by atoms with Gasteiger partial charge in [0, 0.05) is 29.4 Å². The van der Waals surface area contributed by atoms with Crippen molar-refractivity contribution in [3.05, 3.63) is 64.0 Å². The van der Waals surface area contributed by atoms with Crippen LogP contribution in [0, 0.1) is 0 Å². The predicted octanol–water partition coefficient (Wildman–Crippen LogP) is 4.47. The highest BCUT2D eigenvalue weighted by Crippen LogP contribution is 2.23. The van der Waals surface area contributed by atoms with Gasteiger partial charge < -0.3 is 9.15 Å². The van der Waals surface area contributed by atoms with Crippen LogP contribution in [0.1, 0.15) is 42.0 Å². The molecule has 0 saturated carbocycles. The van der Waals surface area contributed by atoms with E-state index >= 15 is 0 Å². The van der Waals surface area contributed by atoms with Gasteiger partial charge in [-0.15, -0.1) is 21.5 Å². The summed E-state index contributed by atoms with van der Waals surface area (Å²) >= 11 is 1.75. The fourth-order valence-electron chi connectivity index (χ4n) is 2.62. The van der Waals surface area contributed by atoms with Gasteiger partial charge in [0.15, 0.2) is 0 Å². The van der Waals surface area contributed by atoms with Crippen LogP contribution in [0.25, 0.3) is 0 Å². The third kappa shape index (κ3) is 4.67. The second kappa shape index (κ2) is 8.27. The van der Waals surface area contributed by atoms with Gasteiger partial charge in [-0.1, -0.05) is 38.1 Å². The van der Waals surface area contributed by atoms with E-state index < -0.39 is 0 Å². The van der Waals surface area contributed by atoms with Gasteiger partial charge in [-0.05, 0) is 17.5 Å². The van der Waals surface area contributed by atoms with E-state index in [-0.39, 0.29) is 5.92 Å². The second-order valence-corrected chi connectivity index (χ2v) is 7.26. The van der Waals surface area contributed by atoms with E-state index in [9.17, 15) is 0 Å². The predicted molar refractivity (Wildman–Crippen MR) is 98.7 cm³/mol. The SMILES string of the molecule is COc1ccccc1CN(Cc1nnc(C(C)C)o1)Cc1cccs1. The summed E-state index contributed by atoms with van der Waals surface area (Å²) in [6.45, 7) is 6.29. The zero-order chi connectivity index (χ0) is 17.6. The molecule has 0 radical (unpaired) electrons. The minimum absolute atomic E-state index is 0.237. The van der Waals surface area contributed by atoms with Crippen LogP contribution in [0.15, 0.2) is 46.2 Å². The standard InChI is InChI=1S/C19H23N3O2S/c1-14(2)19-21-20-18(24-19)13-22(12-16-8-6-10-25-16)11-15-7-4-5-9-17(15)23-3/h4-10,14H,11-13H2,1-3H3. The number of hydrogen-bond donors (Lipinski definition) is 0. The molecule has 0 aliphatic heterocycles. The molecule has 0 fully saturated rings. The van der Waals surface area contributed by atoms with E-state index in [0.717, 1.165) is 24.4 Å². The first-order valence-electron chi connectivity index (χ1n) is 8.34. The zero-order valence-electron chi connectivity index (χ0n) is 14.8. The fourth-order valence-corrected chi connectivity index (χ4v) is 3.37. The summed E-state index contributed by atoms with van der Waals surface area (Å²) in [7, 11) is 1.70. The number of rotatable bonds is 8. The highest BCUT2D eigenvalue weighted by Gasteiger charge is 2.16. The summed E-state index contributed by atoms with van der Waals surface area (Å²) in [6, 6.07) is 12.3. The first-order valence-corrected chi connectivity index (χ1v) is 9.22. The number of hydrogen-bond acceptors (Lipinski definition) is 6. The quantitative estimate of drug-likeness (QED) is 0.595. The van der Waals surface area contributed by atoms with E-state index in [4.69, 9.17) is 9.15 Å². The van der Waals surface area contributed by atoms with Crippen molar-refractivity contribution in [1.82, 2.24) is 15.1 Å². The van der Waals surface area contributed by atoms with Crippen molar-refractivity contribution in [1.29, 1.82) is 0 Å². The largest absolute Gasteiger partial charge is 0.496 e. The Bertz CT molecular complexity index is 784. The lowest BCUT2D eigenvalue weighted by Gasteiger charge is -2.21. The summed E-state index contributed by atoms with van der Waals surface area (Å²) in [6.07, 6.45) is 0. The monoisotopic (exact) mass is 357 g/mol. The molecule has 0 N–H and O–H groups in total. The topological polar surface area (TPSA) is 51.4 Å². The fraction of sp³-hybridized carbons (Fsp3) is 0.368. The van der Waals surface area contributed by atoms with Crippen LogP contribution >= 0.6 is 11.3 Å². The number of benzene rings is 1. The number of ether oxygens (including phenoxy) is 1. The average Bonchev–Trinajstić information content (AvgIpc) is 3.27. The highest BCUT2D eigenvalue weighted by molar-refractivity contribution is 7.09. The van der Waals surface area contributed by atoms with Crippen LogP contribution in [-0.4, -0.2) is 22.2 Å². The molecule has 5 nitrogen and oxygen atoms in total. The first-order chi connectivity index (χ1) is 12.2. The third-order valence-electron chi connectivity index (χ3n) is 3.88. The molecule has 0 aliphatic carbocycles. The van der Waals surface area contributed by atoms with E-state index in [2.05, 4.69) is 52.5 Å². The number of para-hydroxylation sites is 1. The lowest BCUT2D eigenvalue weighted by atomic mass is 10.2. The van der Waals surface area contributed by atoms with Crippen LogP contribution in [0.2, 0.25) is 0 Å². The Balaban J connectivity index is 1.78. The number of nitrogens with zero attached hydrogens (tertiary/aromatic N) is 3. The van der Waals surface area contributed by atoms with E-state index in [1.165, 1.54) is 4.88 Å². The van der Waals surface area contributed by atoms with Crippen LogP contribution < -0.4 is 4.74 Å². The molecule has 0 spiro atoms. The lowest BCUT2D eigenvalue weighted by molar-refractivity contribution is 0.218. The summed E-state index contributed by atoms with van der Waals surface area (Å²) in [5, 5.41) is 10.4. The van der Waals surface area contributed by atoms with Crippen molar-refractivity contribution >= 4 is 11.3 Å². The van der Waals surface area contributed by atoms with Gasteiger partial charge in [0.1, 0.15) is 5.75 Å². The zero-order valence-corrected chi connectivity index (χ0v) is 15.6. The van der Waals surface area contributed by atoms with Crippen molar-refractivity contribution in [2.24, 2.45) is 0 Å². The Morgan fingerprint density at radius 3 is 2.60 bits per heavy atom. The van der Waals surface area contributed by atoms with Crippen LogP contribution in [-0.2, 0) is 19.6 Å². The summed E-state index contributed by atoms with van der Waals surface area (Å²) in [4.78, 5) is 3.60. The molecule has 0 saturated heterocycles. The molecule has 25 heavy (non-hydrogen) atoms. The molecular weight excluding hydrogens is 334 g/mol. The summed E-state index contributed by atoms with van der Waals surface area (Å²) in [5.74, 6) is 2.46. The molecule has 2 heterocycles. The molecule has 0 amide bonds. The molecule has 1 aromatic carbocycles. The molecule has 3 rings (SSSR count). The Labute approximate surface area is 152 Å². The van der Waals surface area contributed by atoms with E-state index in [0.29, 0.717) is 18.3 Å². The number of aromatic nitrogens is 2. The van der Waals surface area contributed by atoms with Gasteiger partial charge in [0.25, 0.3) is 0 Å². The minimum Gasteiger partial charge on any atom is -0.496 e. The second-order valence-electron chi connectivity index (χ2n) is 6.23. The Hall–Kier alpha value is -2.18. The van der Waals surface area contributed by atoms with Crippen molar-refractivity contribution < 1.29 is 9.15 Å². The molecule has 0 unspecified atom stereocenters. The molecule has 0 bridgehead atoms. The maximum Gasteiger partial charge on any atom is 0.230 e. The first kappa shape index (κ1) is 17.6.